The average Bonchev–Trinajstić information content (AvgIpc) is 2.15. The van der Waals surface area contributed by atoms with Gasteiger partial charge >= 0.3 is 6.18 Å². The van der Waals surface area contributed by atoms with Gasteiger partial charge in [-0.15, -0.1) is 0 Å². The molecule has 0 aliphatic heterocycles. The van der Waals surface area contributed by atoms with Crippen molar-refractivity contribution in [1.29, 1.82) is 0 Å². The third-order valence-corrected chi connectivity index (χ3v) is 1.65. The summed E-state index contributed by atoms with van der Waals surface area (Å²) in [5, 5.41) is 4.86. The second-order valence-corrected chi connectivity index (χ2v) is 2.94. The smallest absolute Gasteiger partial charge is 0.361 e. The fraction of sp³-hybridized carbons (Fsp3) is 0.500. The van der Waals surface area contributed by atoms with E-state index in [0.29, 0.717) is 5.56 Å². The van der Waals surface area contributed by atoms with Crippen LogP contribution in [0.15, 0.2) is 6.20 Å². The molecule has 2 N–H and O–H groups in total. The highest BCUT2D eigenvalue weighted by molar-refractivity contribution is 5.46. The molecule has 0 saturated heterocycles. The van der Waals surface area contributed by atoms with E-state index < -0.39 is 12.7 Å². The molecule has 84 valence electrons. The molecule has 4 nitrogen and oxygen atoms in total. The van der Waals surface area contributed by atoms with Crippen molar-refractivity contribution in [3.8, 4) is 0 Å². The first-order valence-electron chi connectivity index (χ1n) is 4.24. The Labute approximate surface area is 84.9 Å². The van der Waals surface area contributed by atoms with Crippen LogP contribution in [0.2, 0.25) is 0 Å². The minimum absolute atomic E-state index is 0.187. The quantitative estimate of drug-likeness (QED) is 0.815. The fourth-order valence-electron chi connectivity index (χ4n) is 0.925. The third-order valence-electron chi connectivity index (χ3n) is 1.65. The van der Waals surface area contributed by atoms with Gasteiger partial charge in [-0.05, 0) is 6.92 Å². The molecule has 1 aromatic rings. The predicted molar refractivity (Wildman–Crippen MR) is 50.9 cm³/mol. The summed E-state index contributed by atoms with van der Waals surface area (Å²) in [5.74, 6) is 0.469. The summed E-state index contributed by atoms with van der Waals surface area (Å²) in [6.07, 6.45) is -2.80. The molecule has 1 rings (SSSR count). The van der Waals surface area contributed by atoms with Crippen molar-refractivity contribution < 1.29 is 13.2 Å². The van der Waals surface area contributed by atoms with Crippen LogP contribution in [0, 0.1) is 6.92 Å². The monoisotopic (exact) mass is 220 g/mol. The van der Waals surface area contributed by atoms with Crippen molar-refractivity contribution in [1.82, 2.24) is 9.97 Å². The van der Waals surface area contributed by atoms with E-state index in [9.17, 15) is 13.2 Å². The summed E-state index contributed by atoms with van der Waals surface area (Å²) < 4.78 is 35.8. The SMILES string of the molecule is CNc1ncc(C)c(NCC(F)(F)F)n1. The lowest BCUT2D eigenvalue weighted by atomic mass is 10.3. The number of anilines is 2. The van der Waals surface area contributed by atoms with Crippen LogP contribution in [0.1, 0.15) is 5.56 Å². The zero-order valence-corrected chi connectivity index (χ0v) is 8.31. The standard InChI is InChI=1S/C8H11F3N4/c1-5-3-13-7(12-2)15-6(5)14-4-8(9,10)11/h3H,4H2,1-2H3,(H2,12,13,14,15). The molecule has 0 aliphatic rings. The lowest BCUT2D eigenvalue weighted by Crippen LogP contribution is -2.22. The maximum Gasteiger partial charge on any atom is 0.405 e. The number of aromatic nitrogens is 2. The molecular formula is C8H11F3N4. The van der Waals surface area contributed by atoms with Crippen molar-refractivity contribution in [2.75, 3.05) is 24.2 Å². The average molecular weight is 220 g/mol. The number of aryl methyl sites for hydroxylation is 1. The maximum atomic E-state index is 11.9. The number of alkyl halides is 3. The fourth-order valence-corrected chi connectivity index (χ4v) is 0.925. The van der Waals surface area contributed by atoms with E-state index >= 15 is 0 Å². The molecule has 0 aliphatic carbocycles. The van der Waals surface area contributed by atoms with Gasteiger partial charge in [0.25, 0.3) is 0 Å². The van der Waals surface area contributed by atoms with Crippen molar-refractivity contribution in [3.63, 3.8) is 0 Å². The molecule has 0 amide bonds. The van der Waals surface area contributed by atoms with Crippen LogP contribution in [-0.2, 0) is 0 Å². The molecule has 0 bridgehead atoms. The van der Waals surface area contributed by atoms with E-state index in [1.54, 1.807) is 14.0 Å². The van der Waals surface area contributed by atoms with Gasteiger partial charge in [-0.25, -0.2) is 4.98 Å². The van der Waals surface area contributed by atoms with Gasteiger partial charge in [0.2, 0.25) is 5.95 Å². The topological polar surface area (TPSA) is 49.8 Å². The summed E-state index contributed by atoms with van der Waals surface area (Å²) in [4.78, 5) is 7.72. The van der Waals surface area contributed by atoms with Crippen molar-refractivity contribution in [2.24, 2.45) is 0 Å². The van der Waals surface area contributed by atoms with Gasteiger partial charge in [-0.1, -0.05) is 0 Å². The lowest BCUT2D eigenvalue weighted by molar-refractivity contribution is -0.115. The summed E-state index contributed by atoms with van der Waals surface area (Å²) in [7, 11) is 1.60. The molecule has 0 unspecified atom stereocenters. The molecule has 15 heavy (non-hydrogen) atoms. The van der Waals surface area contributed by atoms with Crippen molar-refractivity contribution >= 4 is 11.8 Å². The number of hydrogen-bond donors (Lipinski definition) is 2. The Hall–Kier alpha value is -1.53. The molecule has 0 spiro atoms. The lowest BCUT2D eigenvalue weighted by Gasteiger charge is -2.11. The zero-order chi connectivity index (χ0) is 11.5. The number of rotatable bonds is 3. The first-order chi connectivity index (χ1) is 6.92. The van der Waals surface area contributed by atoms with Crippen molar-refractivity contribution in [3.05, 3.63) is 11.8 Å². The Morgan fingerprint density at radius 3 is 2.60 bits per heavy atom. The van der Waals surface area contributed by atoms with Gasteiger partial charge < -0.3 is 10.6 Å². The van der Waals surface area contributed by atoms with Crippen LogP contribution in [0.25, 0.3) is 0 Å². The van der Waals surface area contributed by atoms with E-state index in [1.165, 1.54) is 6.20 Å². The molecule has 0 radical (unpaired) electrons. The number of nitrogens with one attached hydrogen (secondary N) is 2. The Morgan fingerprint density at radius 2 is 2.07 bits per heavy atom. The second-order valence-electron chi connectivity index (χ2n) is 2.94. The Balaban J connectivity index is 2.75. The third kappa shape index (κ3) is 3.61. The van der Waals surface area contributed by atoms with Crippen LogP contribution in [0.5, 0.6) is 0 Å². The van der Waals surface area contributed by atoms with Crippen LogP contribution in [0.4, 0.5) is 24.9 Å². The normalized spacial score (nSPS) is 11.3. The predicted octanol–water partition coefficient (Wildman–Crippen LogP) is 1.80. The highest BCUT2D eigenvalue weighted by Crippen LogP contribution is 2.17. The van der Waals surface area contributed by atoms with Gasteiger partial charge in [-0.3, -0.25) is 0 Å². The molecule has 0 saturated carbocycles. The molecular weight excluding hydrogens is 209 g/mol. The van der Waals surface area contributed by atoms with E-state index in [4.69, 9.17) is 0 Å². The van der Waals surface area contributed by atoms with Gasteiger partial charge in [0.05, 0.1) is 0 Å². The van der Waals surface area contributed by atoms with Crippen LogP contribution >= 0.6 is 0 Å². The molecule has 0 fully saturated rings. The van der Waals surface area contributed by atoms with Crippen molar-refractivity contribution in [2.45, 2.75) is 13.1 Å². The first-order valence-corrected chi connectivity index (χ1v) is 4.24. The molecule has 0 atom stereocenters. The minimum Gasteiger partial charge on any atom is -0.361 e. The summed E-state index contributed by atoms with van der Waals surface area (Å²) in [5.41, 5.74) is 0.568. The van der Waals surface area contributed by atoms with Gasteiger partial charge in [0.1, 0.15) is 12.4 Å². The van der Waals surface area contributed by atoms with Crippen LogP contribution in [-0.4, -0.2) is 29.7 Å². The number of hydrogen-bond acceptors (Lipinski definition) is 4. The molecule has 1 heterocycles. The first kappa shape index (κ1) is 11.5. The maximum absolute atomic E-state index is 11.9. The molecule has 0 aromatic carbocycles. The highest BCUT2D eigenvalue weighted by atomic mass is 19.4. The van der Waals surface area contributed by atoms with Gasteiger partial charge in [0, 0.05) is 18.8 Å². The van der Waals surface area contributed by atoms with E-state index in [2.05, 4.69) is 20.6 Å². The van der Waals surface area contributed by atoms with Crippen LogP contribution < -0.4 is 10.6 Å². The second kappa shape index (κ2) is 4.33. The summed E-state index contributed by atoms with van der Waals surface area (Å²) in [6, 6.07) is 0. The Bertz CT molecular complexity index is 337. The number of nitrogens with zero attached hydrogens (tertiary/aromatic N) is 2. The zero-order valence-electron chi connectivity index (χ0n) is 8.31. The summed E-state index contributed by atoms with van der Waals surface area (Å²) in [6.45, 7) is 0.534. The van der Waals surface area contributed by atoms with E-state index in [-0.39, 0.29) is 11.8 Å². The summed E-state index contributed by atoms with van der Waals surface area (Å²) >= 11 is 0. The van der Waals surface area contributed by atoms with Crippen LogP contribution in [0.3, 0.4) is 0 Å². The molecule has 1 aromatic heterocycles. The largest absolute Gasteiger partial charge is 0.405 e. The highest BCUT2D eigenvalue weighted by Gasteiger charge is 2.27. The van der Waals surface area contributed by atoms with E-state index in [0.717, 1.165) is 0 Å². The van der Waals surface area contributed by atoms with E-state index in [1.807, 2.05) is 0 Å². The number of halogens is 3. The minimum atomic E-state index is -4.25. The molecule has 7 heteroatoms. The van der Waals surface area contributed by atoms with Gasteiger partial charge in [-0.2, -0.15) is 18.2 Å². The Morgan fingerprint density at radius 1 is 1.40 bits per heavy atom. The Kier molecular flexibility index (Phi) is 3.33. The van der Waals surface area contributed by atoms with Gasteiger partial charge in [0.15, 0.2) is 0 Å².